The fourth-order valence-electron chi connectivity index (χ4n) is 4.79. The van der Waals surface area contributed by atoms with Crippen molar-refractivity contribution < 1.29 is 9.53 Å². The van der Waals surface area contributed by atoms with Gasteiger partial charge in [-0.15, -0.1) is 0 Å². The van der Waals surface area contributed by atoms with Crippen LogP contribution in [-0.4, -0.2) is 54.0 Å². The van der Waals surface area contributed by atoms with Crippen molar-refractivity contribution in [1.82, 2.24) is 14.8 Å². The number of pyridine rings is 1. The van der Waals surface area contributed by atoms with E-state index in [9.17, 15) is 4.79 Å². The number of amides is 1. The number of carbonyl (C=O) groups excluding carboxylic acids is 1. The molecule has 194 valence electrons. The van der Waals surface area contributed by atoms with Crippen LogP contribution in [0.1, 0.15) is 16.7 Å². The first-order valence-electron chi connectivity index (χ1n) is 13.1. The Bertz CT molecular complexity index is 1300. The average molecular weight is 507 g/mol. The van der Waals surface area contributed by atoms with Crippen molar-refractivity contribution in [2.24, 2.45) is 0 Å². The minimum Gasteiger partial charge on any atom is -0.497 e. The quantitative estimate of drug-likeness (QED) is 0.336. The van der Waals surface area contributed by atoms with Crippen LogP contribution >= 0.6 is 0 Å². The van der Waals surface area contributed by atoms with Crippen LogP contribution in [0.5, 0.6) is 5.75 Å². The molecule has 38 heavy (non-hydrogen) atoms. The molecule has 1 aromatic heterocycles. The van der Waals surface area contributed by atoms with Gasteiger partial charge < -0.3 is 10.1 Å². The molecule has 0 bridgehead atoms. The Morgan fingerprint density at radius 3 is 1.76 bits per heavy atom. The van der Waals surface area contributed by atoms with Gasteiger partial charge in [0.2, 0.25) is 5.91 Å². The molecule has 2 heterocycles. The lowest BCUT2D eigenvalue weighted by atomic mass is 10.0. The monoisotopic (exact) mass is 506 g/mol. The van der Waals surface area contributed by atoms with Gasteiger partial charge in [0, 0.05) is 57.3 Å². The molecule has 3 aromatic carbocycles. The van der Waals surface area contributed by atoms with E-state index in [0.29, 0.717) is 6.42 Å². The normalized spacial score (nSPS) is 14.2. The zero-order chi connectivity index (χ0) is 26.2. The third kappa shape index (κ3) is 7.06. The Morgan fingerprint density at radius 2 is 1.21 bits per heavy atom. The van der Waals surface area contributed by atoms with Crippen LogP contribution in [0.2, 0.25) is 0 Å². The number of nitrogens with zero attached hydrogens (tertiary/aromatic N) is 3. The second kappa shape index (κ2) is 12.5. The summed E-state index contributed by atoms with van der Waals surface area (Å²) in [6, 6.07) is 28.6. The third-order valence-corrected chi connectivity index (χ3v) is 7.01. The lowest BCUT2D eigenvalue weighted by Gasteiger charge is -2.34. The summed E-state index contributed by atoms with van der Waals surface area (Å²) in [5.41, 5.74) is 6.71. The number of nitrogens with one attached hydrogen (secondary N) is 1. The Kier molecular flexibility index (Phi) is 8.43. The first kappa shape index (κ1) is 25.6. The van der Waals surface area contributed by atoms with Crippen LogP contribution in [-0.2, 0) is 24.3 Å². The van der Waals surface area contributed by atoms with Gasteiger partial charge in [-0.1, -0.05) is 48.5 Å². The van der Waals surface area contributed by atoms with Crippen molar-refractivity contribution in [2.45, 2.75) is 19.5 Å². The lowest BCUT2D eigenvalue weighted by molar-refractivity contribution is -0.115. The topological polar surface area (TPSA) is 57.7 Å². The van der Waals surface area contributed by atoms with E-state index in [2.05, 4.69) is 68.6 Å². The van der Waals surface area contributed by atoms with Gasteiger partial charge in [-0.25, -0.2) is 0 Å². The minimum absolute atomic E-state index is 0.0366. The molecule has 6 nitrogen and oxygen atoms in total. The number of hydrogen-bond acceptors (Lipinski definition) is 5. The number of hydrogen-bond donors (Lipinski definition) is 1. The summed E-state index contributed by atoms with van der Waals surface area (Å²) in [5.74, 6) is 0.749. The van der Waals surface area contributed by atoms with E-state index in [1.54, 1.807) is 7.11 Å². The second-order valence-corrected chi connectivity index (χ2v) is 9.76. The smallest absolute Gasteiger partial charge is 0.228 e. The van der Waals surface area contributed by atoms with Gasteiger partial charge in [0.1, 0.15) is 5.75 Å². The summed E-state index contributed by atoms with van der Waals surface area (Å²) in [4.78, 5) is 21.6. The maximum absolute atomic E-state index is 12.4. The molecule has 0 saturated carbocycles. The molecule has 1 amide bonds. The predicted molar refractivity (Wildman–Crippen MR) is 152 cm³/mol. The highest BCUT2D eigenvalue weighted by atomic mass is 16.5. The van der Waals surface area contributed by atoms with Crippen molar-refractivity contribution in [2.75, 3.05) is 38.6 Å². The van der Waals surface area contributed by atoms with Crippen molar-refractivity contribution in [3.05, 3.63) is 114 Å². The molecule has 1 aliphatic rings. The van der Waals surface area contributed by atoms with E-state index in [1.165, 1.54) is 16.7 Å². The summed E-state index contributed by atoms with van der Waals surface area (Å²) >= 11 is 0. The second-order valence-electron chi connectivity index (χ2n) is 9.76. The molecule has 1 aliphatic heterocycles. The number of ether oxygens (including phenoxy) is 1. The molecule has 1 N–H and O–H groups in total. The van der Waals surface area contributed by atoms with Crippen LogP contribution in [0, 0.1) is 0 Å². The van der Waals surface area contributed by atoms with Gasteiger partial charge in [0.15, 0.2) is 0 Å². The minimum atomic E-state index is -0.0366. The first-order chi connectivity index (χ1) is 18.6. The Hall–Kier alpha value is -4.00. The molecule has 0 unspecified atom stereocenters. The number of benzene rings is 3. The van der Waals surface area contributed by atoms with E-state index in [0.717, 1.165) is 61.8 Å². The highest BCUT2D eigenvalue weighted by Gasteiger charge is 2.17. The fraction of sp³-hybridized carbons (Fsp3) is 0.250. The molecule has 1 fully saturated rings. The molecule has 1 saturated heterocycles. The fourth-order valence-corrected chi connectivity index (χ4v) is 4.79. The largest absolute Gasteiger partial charge is 0.497 e. The van der Waals surface area contributed by atoms with Gasteiger partial charge >= 0.3 is 0 Å². The molecule has 6 heteroatoms. The number of aromatic nitrogens is 1. The first-order valence-corrected chi connectivity index (χ1v) is 13.1. The van der Waals surface area contributed by atoms with E-state index in [1.807, 2.05) is 48.8 Å². The lowest BCUT2D eigenvalue weighted by Crippen LogP contribution is -2.45. The number of carbonyl (C=O) groups is 1. The maximum atomic E-state index is 12.4. The maximum Gasteiger partial charge on any atom is 0.228 e. The molecule has 0 spiro atoms. The van der Waals surface area contributed by atoms with Crippen LogP contribution in [0.15, 0.2) is 97.3 Å². The van der Waals surface area contributed by atoms with Crippen LogP contribution < -0.4 is 10.1 Å². The SMILES string of the molecule is COc1ccc(CC(=O)Nc2ccc(-c3ccc(CN4CCN(Cc5ccncc5)CC4)cc3)cc2)cc1. The zero-order valence-electron chi connectivity index (χ0n) is 21.8. The van der Waals surface area contributed by atoms with E-state index < -0.39 is 0 Å². The van der Waals surface area contributed by atoms with Crippen molar-refractivity contribution in [3.8, 4) is 16.9 Å². The average Bonchev–Trinajstić information content (AvgIpc) is 2.96. The van der Waals surface area contributed by atoms with Gasteiger partial charge in [0.05, 0.1) is 13.5 Å². The van der Waals surface area contributed by atoms with Gasteiger partial charge in [-0.3, -0.25) is 19.6 Å². The highest BCUT2D eigenvalue weighted by molar-refractivity contribution is 5.92. The highest BCUT2D eigenvalue weighted by Crippen LogP contribution is 2.23. The molecule has 4 aromatic rings. The Morgan fingerprint density at radius 1 is 0.711 bits per heavy atom. The Balaban J connectivity index is 1.09. The van der Waals surface area contributed by atoms with E-state index in [-0.39, 0.29) is 5.91 Å². The summed E-state index contributed by atoms with van der Waals surface area (Å²) in [7, 11) is 1.63. The number of anilines is 1. The standard InChI is InChI=1S/C32H34N4O2/c1-38-31-12-4-25(5-13-31)22-32(37)34-30-10-8-29(9-11-30)28-6-2-26(3-7-28)23-35-18-20-36(21-19-35)24-27-14-16-33-17-15-27/h2-17H,18-24H2,1H3,(H,34,37). The Labute approximate surface area is 224 Å². The predicted octanol–water partition coefficient (Wildman–Crippen LogP) is 5.26. The summed E-state index contributed by atoms with van der Waals surface area (Å²) in [5, 5.41) is 2.99. The number of methoxy groups -OCH3 is 1. The van der Waals surface area contributed by atoms with Crippen molar-refractivity contribution >= 4 is 11.6 Å². The van der Waals surface area contributed by atoms with Crippen molar-refractivity contribution in [1.29, 1.82) is 0 Å². The zero-order valence-corrected chi connectivity index (χ0v) is 21.8. The van der Waals surface area contributed by atoms with E-state index >= 15 is 0 Å². The summed E-state index contributed by atoms with van der Waals surface area (Å²) in [6.07, 6.45) is 4.06. The van der Waals surface area contributed by atoms with Crippen LogP contribution in [0.4, 0.5) is 5.69 Å². The number of piperazine rings is 1. The summed E-state index contributed by atoms with van der Waals surface area (Å²) < 4.78 is 5.17. The summed E-state index contributed by atoms with van der Waals surface area (Å²) in [6.45, 7) is 6.31. The van der Waals surface area contributed by atoms with Gasteiger partial charge in [0.25, 0.3) is 0 Å². The molecule has 0 radical (unpaired) electrons. The molecular weight excluding hydrogens is 472 g/mol. The molecular formula is C32H34N4O2. The van der Waals surface area contributed by atoms with Crippen LogP contribution in [0.25, 0.3) is 11.1 Å². The van der Waals surface area contributed by atoms with Crippen molar-refractivity contribution in [3.63, 3.8) is 0 Å². The van der Waals surface area contributed by atoms with Crippen LogP contribution in [0.3, 0.4) is 0 Å². The van der Waals surface area contributed by atoms with Gasteiger partial charge in [-0.2, -0.15) is 0 Å². The molecule has 0 atom stereocenters. The number of rotatable bonds is 9. The molecule has 5 rings (SSSR count). The molecule has 0 aliphatic carbocycles. The third-order valence-electron chi connectivity index (χ3n) is 7.01. The van der Waals surface area contributed by atoms with Gasteiger partial charge in [-0.05, 0) is 64.2 Å². The van der Waals surface area contributed by atoms with E-state index in [4.69, 9.17) is 4.74 Å².